The lowest BCUT2D eigenvalue weighted by atomic mass is 9.95. The van der Waals surface area contributed by atoms with E-state index in [2.05, 4.69) is 27.1 Å². The van der Waals surface area contributed by atoms with Gasteiger partial charge in [0.15, 0.2) is 0 Å². The third-order valence-electron chi connectivity index (χ3n) is 6.12. The van der Waals surface area contributed by atoms with Gasteiger partial charge in [0.1, 0.15) is 0 Å². The van der Waals surface area contributed by atoms with Crippen LogP contribution in [-0.4, -0.2) is 48.0 Å². The fourth-order valence-electron chi connectivity index (χ4n) is 4.53. The lowest BCUT2D eigenvalue weighted by Gasteiger charge is -2.40. The maximum Gasteiger partial charge on any atom is 0.0742 e. The molecule has 1 aromatic carbocycles. The van der Waals surface area contributed by atoms with Gasteiger partial charge >= 0.3 is 0 Å². The van der Waals surface area contributed by atoms with Gasteiger partial charge < -0.3 is 10.1 Å². The van der Waals surface area contributed by atoms with Gasteiger partial charge in [-0.05, 0) is 31.4 Å². The van der Waals surface area contributed by atoms with Crippen LogP contribution in [-0.2, 0) is 0 Å². The molecule has 0 amide bonds. The lowest BCUT2D eigenvalue weighted by Crippen LogP contribution is -2.52. The van der Waals surface area contributed by atoms with E-state index in [0.717, 1.165) is 61.9 Å². The molecular weight excluding hydrogens is 358 g/mol. The maximum absolute atomic E-state index is 9.70. The summed E-state index contributed by atoms with van der Waals surface area (Å²) >= 11 is 6.38. The molecule has 0 spiro atoms. The van der Waals surface area contributed by atoms with Crippen molar-refractivity contribution in [1.82, 2.24) is 4.90 Å². The van der Waals surface area contributed by atoms with Crippen LogP contribution in [0.4, 0.5) is 5.69 Å². The highest BCUT2D eigenvalue weighted by atomic mass is 35.5. The van der Waals surface area contributed by atoms with Crippen LogP contribution < -0.4 is 4.90 Å². The minimum absolute atomic E-state index is 0.294. The van der Waals surface area contributed by atoms with Crippen LogP contribution >= 0.6 is 11.6 Å². The number of piperazine rings is 1. The molecule has 1 heterocycles. The SMILES string of the molecule is O/N=C1/CCCCCCCCCCC1N1CCN(c2ccccc2Cl)CC1. The molecular formula is C22H34ClN3O. The Morgan fingerprint density at radius 1 is 0.852 bits per heavy atom. The van der Waals surface area contributed by atoms with Crippen LogP contribution in [0.5, 0.6) is 0 Å². The first-order valence-corrected chi connectivity index (χ1v) is 11.1. The summed E-state index contributed by atoms with van der Waals surface area (Å²) in [6, 6.07) is 8.40. The predicted octanol–water partition coefficient (Wildman–Crippen LogP) is 5.58. The third-order valence-corrected chi connectivity index (χ3v) is 6.44. The van der Waals surface area contributed by atoms with Gasteiger partial charge in [0.2, 0.25) is 0 Å². The Morgan fingerprint density at radius 3 is 2.15 bits per heavy atom. The molecule has 2 fully saturated rings. The molecule has 1 N–H and O–H groups in total. The molecule has 0 radical (unpaired) electrons. The van der Waals surface area contributed by atoms with Crippen molar-refractivity contribution in [2.75, 3.05) is 31.1 Å². The van der Waals surface area contributed by atoms with Gasteiger partial charge in [0, 0.05) is 26.2 Å². The normalized spacial score (nSPS) is 25.7. The van der Waals surface area contributed by atoms with Gasteiger partial charge in [0.05, 0.1) is 22.5 Å². The molecule has 0 aromatic heterocycles. The molecule has 2 aliphatic rings. The molecule has 27 heavy (non-hydrogen) atoms. The highest BCUT2D eigenvalue weighted by Crippen LogP contribution is 2.27. The summed E-state index contributed by atoms with van der Waals surface area (Å²) in [6.45, 7) is 3.93. The molecule has 1 saturated heterocycles. The van der Waals surface area contributed by atoms with E-state index >= 15 is 0 Å². The molecule has 3 rings (SSSR count). The van der Waals surface area contributed by atoms with E-state index < -0.39 is 0 Å². The number of oxime groups is 1. The van der Waals surface area contributed by atoms with Crippen LogP contribution in [0, 0.1) is 0 Å². The van der Waals surface area contributed by atoms with E-state index in [9.17, 15) is 5.21 Å². The van der Waals surface area contributed by atoms with Crippen molar-refractivity contribution in [3.05, 3.63) is 29.3 Å². The summed E-state index contributed by atoms with van der Waals surface area (Å²) in [5.41, 5.74) is 2.13. The van der Waals surface area contributed by atoms with Crippen LogP contribution in [0.1, 0.15) is 64.2 Å². The Hall–Kier alpha value is -1.26. The molecule has 0 bridgehead atoms. The summed E-state index contributed by atoms with van der Waals surface area (Å²) in [6.07, 6.45) is 12.4. The Balaban J connectivity index is 1.62. The largest absolute Gasteiger partial charge is 0.411 e. The van der Waals surface area contributed by atoms with Crippen LogP contribution in [0.25, 0.3) is 0 Å². The van der Waals surface area contributed by atoms with Gasteiger partial charge in [-0.25, -0.2) is 0 Å². The van der Waals surface area contributed by atoms with Crippen molar-refractivity contribution in [3.8, 4) is 0 Å². The van der Waals surface area contributed by atoms with E-state index in [1.165, 1.54) is 44.9 Å². The number of halogens is 1. The fourth-order valence-corrected chi connectivity index (χ4v) is 4.79. The number of hydrogen-bond donors (Lipinski definition) is 1. The zero-order valence-corrected chi connectivity index (χ0v) is 17.2. The van der Waals surface area contributed by atoms with Gasteiger partial charge in [-0.15, -0.1) is 0 Å². The highest BCUT2D eigenvalue weighted by molar-refractivity contribution is 6.33. The van der Waals surface area contributed by atoms with Crippen molar-refractivity contribution in [2.24, 2.45) is 5.16 Å². The summed E-state index contributed by atoms with van der Waals surface area (Å²) in [4.78, 5) is 4.91. The summed E-state index contributed by atoms with van der Waals surface area (Å²) < 4.78 is 0. The molecule has 1 aromatic rings. The van der Waals surface area contributed by atoms with E-state index in [0.29, 0.717) is 6.04 Å². The van der Waals surface area contributed by atoms with Crippen LogP contribution in [0.3, 0.4) is 0 Å². The van der Waals surface area contributed by atoms with Gasteiger partial charge in [-0.3, -0.25) is 4.90 Å². The summed E-state index contributed by atoms with van der Waals surface area (Å²) in [7, 11) is 0. The molecule has 150 valence electrons. The molecule has 1 unspecified atom stereocenters. The van der Waals surface area contributed by atoms with Crippen molar-refractivity contribution in [2.45, 2.75) is 70.3 Å². The van der Waals surface area contributed by atoms with Gasteiger partial charge in [-0.2, -0.15) is 0 Å². The van der Waals surface area contributed by atoms with E-state index in [1.807, 2.05) is 12.1 Å². The molecule has 1 aliphatic heterocycles. The van der Waals surface area contributed by atoms with Crippen molar-refractivity contribution >= 4 is 23.0 Å². The van der Waals surface area contributed by atoms with Gasteiger partial charge in [-0.1, -0.05) is 73.8 Å². The minimum atomic E-state index is 0.294. The fraction of sp³-hybridized carbons (Fsp3) is 0.682. The summed E-state index contributed by atoms with van der Waals surface area (Å²) in [5, 5.41) is 14.3. The number of hydrogen-bond acceptors (Lipinski definition) is 4. The first-order chi connectivity index (χ1) is 13.3. The third kappa shape index (κ3) is 5.86. The smallest absolute Gasteiger partial charge is 0.0742 e. The second-order valence-electron chi connectivity index (χ2n) is 7.95. The minimum Gasteiger partial charge on any atom is -0.411 e. The molecule has 4 nitrogen and oxygen atoms in total. The number of anilines is 1. The number of rotatable bonds is 2. The molecule has 1 aliphatic carbocycles. The quantitative estimate of drug-likeness (QED) is 0.528. The second-order valence-corrected chi connectivity index (χ2v) is 8.36. The second kappa shape index (κ2) is 10.9. The van der Waals surface area contributed by atoms with E-state index in [-0.39, 0.29) is 0 Å². The van der Waals surface area contributed by atoms with Crippen molar-refractivity contribution in [3.63, 3.8) is 0 Å². The molecule has 1 saturated carbocycles. The Labute approximate surface area is 169 Å². The first-order valence-electron chi connectivity index (χ1n) is 10.7. The Kier molecular flexibility index (Phi) is 8.28. The standard InChI is InChI=1S/C22H34ClN3O/c23-19-11-9-10-13-21(19)25-15-17-26(18-16-25)22-14-8-6-4-2-1-3-5-7-12-20(22)24-27/h9-11,13,22,27H,1-8,12,14-18H2/b24-20-. The predicted molar refractivity (Wildman–Crippen MR) is 114 cm³/mol. The van der Waals surface area contributed by atoms with Crippen LogP contribution in [0.15, 0.2) is 29.4 Å². The topological polar surface area (TPSA) is 39.1 Å². The lowest BCUT2D eigenvalue weighted by molar-refractivity contribution is 0.208. The number of nitrogens with zero attached hydrogens (tertiary/aromatic N) is 3. The van der Waals surface area contributed by atoms with Crippen molar-refractivity contribution < 1.29 is 5.21 Å². The van der Waals surface area contributed by atoms with E-state index in [4.69, 9.17) is 11.6 Å². The molecule has 5 heteroatoms. The summed E-state index contributed by atoms with van der Waals surface area (Å²) in [5.74, 6) is 0. The van der Waals surface area contributed by atoms with Crippen molar-refractivity contribution in [1.29, 1.82) is 0 Å². The average molecular weight is 392 g/mol. The zero-order valence-electron chi connectivity index (χ0n) is 16.5. The highest BCUT2D eigenvalue weighted by Gasteiger charge is 2.28. The first kappa shape index (κ1) is 20.5. The number of benzene rings is 1. The Morgan fingerprint density at radius 2 is 1.48 bits per heavy atom. The maximum atomic E-state index is 9.70. The molecule has 1 atom stereocenters. The van der Waals surface area contributed by atoms with Gasteiger partial charge in [0.25, 0.3) is 0 Å². The van der Waals surface area contributed by atoms with Crippen LogP contribution in [0.2, 0.25) is 5.02 Å². The monoisotopic (exact) mass is 391 g/mol. The Bertz CT molecular complexity index is 599. The number of para-hydroxylation sites is 1. The average Bonchev–Trinajstić information content (AvgIpc) is 2.69. The van der Waals surface area contributed by atoms with E-state index in [1.54, 1.807) is 0 Å². The zero-order chi connectivity index (χ0) is 18.9.